The minimum absolute atomic E-state index is 0.178. The van der Waals surface area contributed by atoms with Gasteiger partial charge in [0.15, 0.2) is 16.7 Å². The summed E-state index contributed by atoms with van der Waals surface area (Å²) in [5, 5.41) is 3.34. The van der Waals surface area contributed by atoms with Gasteiger partial charge in [-0.1, -0.05) is 6.92 Å². The highest BCUT2D eigenvalue weighted by Crippen LogP contribution is 2.36. The van der Waals surface area contributed by atoms with E-state index in [-0.39, 0.29) is 5.91 Å². The molecule has 0 radical (unpaired) electrons. The standard InChI is InChI=1S/C21H21IN2O4S/c1-4-9-28-19-16(22)10-13(11-17(19)27-3)12-18-20(25)24-21(29-18)23-14-5-7-15(26-2)8-6-14/h5-8,10-12H,4,9H2,1-3H3,(H,23,24,25)/b18-12+. The second-order valence-corrected chi connectivity index (χ2v) is 8.26. The van der Waals surface area contributed by atoms with Crippen LogP contribution in [-0.4, -0.2) is 31.9 Å². The third-order valence-corrected chi connectivity index (χ3v) is 5.67. The monoisotopic (exact) mass is 524 g/mol. The average molecular weight is 524 g/mol. The number of ether oxygens (including phenoxy) is 3. The van der Waals surface area contributed by atoms with E-state index in [2.05, 4.69) is 39.8 Å². The first kappa shape index (κ1) is 21.5. The largest absolute Gasteiger partial charge is 0.497 e. The topological polar surface area (TPSA) is 69.2 Å². The van der Waals surface area contributed by atoms with Gasteiger partial charge < -0.3 is 19.5 Å². The zero-order chi connectivity index (χ0) is 20.8. The summed E-state index contributed by atoms with van der Waals surface area (Å²) >= 11 is 3.52. The fourth-order valence-corrected chi connectivity index (χ4v) is 4.20. The van der Waals surface area contributed by atoms with E-state index in [1.54, 1.807) is 14.2 Å². The Hall–Kier alpha value is -2.20. The zero-order valence-electron chi connectivity index (χ0n) is 16.3. The van der Waals surface area contributed by atoms with Gasteiger partial charge in [0, 0.05) is 0 Å². The molecule has 0 unspecified atom stereocenters. The molecule has 0 spiro atoms. The van der Waals surface area contributed by atoms with E-state index in [4.69, 9.17) is 14.2 Å². The molecule has 1 N–H and O–H groups in total. The number of carbonyl (C=O) groups is 1. The number of benzene rings is 2. The van der Waals surface area contributed by atoms with Gasteiger partial charge in [-0.2, -0.15) is 0 Å². The lowest BCUT2D eigenvalue weighted by molar-refractivity contribution is -0.115. The highest BCUT2D eigenvalue weighted by molar-refractivity contribution is 14.1. The van der Waals surface area contributed by atoms with Gasteiger partial charge >= 0.3 is 0 Å². The molecule has 1 aliphatic heterocycles. The Morgan fingerprint density at radius 2 is 1.93 bits per heavy atom. The van der Waals surface area contributed by atoms with Crippen LogP contribution in [0.2, 0.25) is 0 Å². The first-order valence-corrected chi connectivity index (χ1v) is 10.9. The van der Waals surface area contributed by atoms with Gasteiger partial charge in [0.25, 0.3) is 5.91 Å². The molecule has 8 heteroatoms. The zero-order valence-corrected chi connectivity index (χ0v) is 19.3. The highest BCUT2D eigenvalue weighted by Gasteiger charge is 2.24. The van der Waals surface area contributed by atoms with Gasteiger partial charge in [-0.3, -0.25) is 4.79 Å². The van der Waals surface area contributed by atoms with E-state index >= 15 is 0 Å². The molecule has 6 nitrogen and oxygen atoms in total. The van der Waals surface area contributed by atoms with Crippen LogP contribution in [0, 0.1) is 3.57 Å². The van der Waals surface area contributed by atoms with Crippen molar-refractivity contribution in [3.05, 3.63) is 50.4 Å². The lowest BCUT2D eigenvalue weighted by atomic mass is 10.2. The molecule has 0 aromatic heterocycles. The minimum Gasteiger partial charge on any atom is -0.497 e. The second-order valence-electron chi connectivity index (χ2n) is 6.06. The van der Waals surface area contributed by atoms with Crippen molar-refractivity contribution in [2.75, 3.05) is 20.8 Å². The summed E-state index contributed by atoms with van der Waals surface area (Å²) in [6.45, 7) is 2.68. The number of nitrogens with one attached hydrogen (secondary N) is 1. The van der Waals surface area contributed by atoms with Gasteiger partial charge in [0.1, 0.15) is 5.75 Å². The molecule has 2 aromatic carbocycles. The van der Waals surface area contributed by atoms with Crippen LogP contribution in [0.1, 0.15) is 18.9 Å². The molecule has 0 saturated carbocycles. The summed E-state index contributed by atoms with van der Waals surface area (Å²) in [6.07, 6.45) is 2.74. The van der Waals surface area contributed by atoms with Gasteiger partial charge in [-0.05, 0) is 88.8 Å². The number of methoxy groups -OCH3 is 2. The van der Waals surface area contributed by atoms with E-state index in [0.29, 0.717) is 22.4 Å². The van der Waals surface area contributed by atoms with Crippen LogP contribution < -0.4 is 19.5 Å². The SMILES string of the molecule is CCCOc1c(I)cc(/C=C2/SC(=Nc3ccc(OC)cc3)NC2=O)cc1OC. The number of hydrogen-bond donors (Lipinski definition) is 1. The fourth-order valence-electron chi connectivity index (χ4n) is 2.57. The maximum absolute atomic E-state index is 12.4. The maximum Gasteiger partial charge on any atom is 0.264 e. The molecule has 1 heterocycles. The summed E-state index contributed by atoms with van der Waals surface area (Å²) < 4.78 is 17.3. The molecule has 1 amide bonds. The molecule has 1 fully saturated rings. The number of amidine groups is 1. The van der Waals surface area contributed by atoms with Gasteiger partial charge in [0.05, 0.1) is 35.0 Å². The van der Waals surface area contributed by atoms with Gasteiger partial charge in [-0.25, -0.2) is 4.99 Å². The van der Waals surface area contributed by atoms with Gasteiger partial charge in [-0.15, -0.1) is 0 Å². The highest BCUT2D eigenvalue weighted by atomic mass is 127. The summed E-state index contributed by atoms with van der Waals surface area (Å²) in [7, 11) is 3.22. The van der Waals surface area contributed by atoms with E-state index < -0.39 is 0 Å². The number of thioether (sulfide) groups is 1. The van der Waals surface area contributed by atoms with Crippen molar-refractivity contribution in [1.82, 2.24) is 5.32 Å². The van der Waals surface area contributed by atoms with E-state index in [1.165, 1.54) is 11.8 Å². The van der Waals surface area contributed by atoms with Gasteiger partial charge in [0.2, 0.25) is 0 Å². The first-order chi connectivity index (χ1) is 14.0. The summed E-state index contributed by atoms with van der Waals surface area (Å²) in [4.78, 5) is 17.4. The smallest absolute Gasteiger partial charge is 0.264 e. The Morgan fingerprint density at radius 1 is 1.17 bits per heavy atom. The van der Waals surface area contributed by atoms with Crippen molar-refractivity contribution >= 4 is 57.2 Å². The number of hydrogen-bond acceptors (Lipinski definition) is 6. The van der Waals surface area contributed by atoms with Crippen LogP contribution in [0.4, 0.5) is 5.69 Å². The van der Waals surface area contributed by atoms with Crippen molar-refractivity contribution in [1.29, 1.82) is 0 Å². The van der Waals surface area contributed by atoms with Crippen molar-refractivity contribution in [2.24, 2.45) is 4.99 Å². The van der Waals surface area contributed by atoms with E-state index in [9.17, 15) is 4.79 Å². The van der Waals surface area contributed by atoms with Crippen LogP contribution in [-0.2, 0) is 4.79 Å². The molecule has 152 valence electrons. The molecule has 0 bridgehead atoms. The average Bonchev–Trinajstić information content (AvgIpc) is 3.06. The maximum atomic E-state index is 12.4. The van der Waals surface area contributed by atoms with E-state index in [1.807, 2.05) is 42.5 Å². The Bertz CT molecular complexity index is 958. The van der Waals surface area contributed by atoms with E-state index in [0.717, 1.165) is 32.7 Å². The molecule has 1 aliphatic rings. The quantitative estimate of drug-likeness (QED) is 0.409. The molecule has 3 rings (SSSR count). The Morgan fingerprint density at radius 3 is 2.59 bits per heavy atom. The minimum atomic E-state index is -0.178. The third kappa shape index (κ3) is 5.45. The van der Waals surface area contributed by atoms with Crippen LogP contribution in [0.15, 0.2) is 46.3 Å². The molecule has 0 atom stereocenters. The van der Waals surface area contributed by atoms with Crippen LogP contribution in [0.3, 0.4) is 0 Å². The van der Waals surface area contributed by atoms with Crippen LogP contribution in [0.5, 0.6) is 17.2 Å². The number of carbonyl (C=O) groups excluding carboxylic acids is 1. The Kier molecular flexibility index (Phi) is 7.43. The first-order valence-electron chi connectivity index (χ1n) is 8.98. The second kappa shape index (κ2) is 10.0. The molecule has 1 saturated heterocycles. The predicted molar refractivity (Wildman–Crippen MR) is 125 cm³/mol. The van der Waals surface area contributed by atoms with Crippen LogP contribution in [0.25, 0.3) is 6.08 Å². The number of amides is 1. The third-order valence-electron chi connectivity index (χ3n) is 3.95. The van der Waals surface area contributed by atoms with Crippen molar-refractivity contribution in [3.8, 4) is 17.2 Å². The van der Waals surface area contributed by atoms with Crippen molar-refractivity contribution < 1.29 is 19.0 Å². The summed E-state index contributed by atoms with van der Waals surface area (Å²) in [5.41, 5.74) is 1.60. The number of halogens is 1. The normalized spacial score (nSPS) is 16.2. The molecule has 29 heavy (non-hydrogen) atoms. The molecular weight excluding hydrogens is 503 g/mol. The summed E-state index contributed by atoms with van der Waals surface area (Å²) in [5.74, 6) is 1.95. The Balaban J connectivity index is 1.82. The predicted octanol–water partition coefficient (Wildman–Crippen LogP) is 4.99. The number of aliphatic imine (C=N–C) groups is 1. The van der Waals surface area contributed by atoms with Crippen molar-refractivity contribution in [3.63, 3.8) is 0 Å². The Labute approximate surface area is 187 Å². The lowest BCUT2D eigenvalue weighted by Crippen LogP contribution is -2.19. The molecule has 0 aliphatic carbocycles. The lowest BCUT2D eigenvalue weighted by Gasteiger charge is -2.13. The molecular formula is C21H21IN2O4S. The van der Waals surface area contributed by atoms with Crippen molar-refractivity contribution in [2.45, 2.75) is 13.3 Å². The summed E-state index contributed by atoms with van der Waals surface area (Å²) in [6, 6.07) is 11.2. The number of nitrogens with zero attached hydrogens (tertiary/aromatic N) is 1. The number of rotatable bonds is 7. The fraction of sp³-hybridized carbons (Fsp3) is 0.238. The molecule has 2 aromatic rings. The van der Waals surface area contributed by atoms with Crippen LogP contribution >= 0.6 is 34.4 Å².